The van der Waals surface area contributed by atoms with Gasteiger partial charge in [0, 0.05) is 33.2 Å². The van der Waals surface area contributed by atoms with E-state index in [4.69, 9.17) is 0 Å². The molecule has 3 aromatic heterocycles. The fourth-order valence-corrected chi connectivity index (χ4v) is 3.50. The molecule has 6 rings (SSSR count). The van der Waals surface area contributed by atoms with Gasteiger partial charge in [0.25, 0.3) is 0 Å². The van der Waals surface area contributed by atoms with E-state index in [9.17, 15) is 0 Å². The maximum absolute atomic E-state index is 4.38. The molecule has 3 heterocycles. The molecule has 0 amide bonds. The predicted octanol–water partition coefficient (Wildman–Crippen LogP) is 9.36. The Morgan fingerprint density at radius 2 is 0.583 bits per heavy atom. The van der Waals surface area contributed by atoms with Crippen LogP contribution in [0.5, 0.6) is 0 Å². The third kappa shape index (κ3) is 8.77. The monoisotopic (exact) mass is 669 g/mol. The minimum absolute atomic E-state index is 0. The Morgan fingerprint density at radius 1 is 0.333 bits per heavy atom. The highest BCUT2D eigenvalue weighted by Crippen LogP contribution is 2.12. The van der Waals surface area contributed by atoms with Crippen LogP contribution in [0.1, 0.15) is 17.1 Å². The number of aryl methyl sites for hydroxylation is 3. The molecule has 0 aliphatic rings. The SMILES string of the molecule is Br.Br.Br.Cc1ccc2ccccc2n1.Cc1ccc2ccccc2n1.Cc1ccc2ccccc2n1. The maximum atomic E-state index is 4.38. The van der Waals surface area contributed by atoms with E-state index in [2.05, 4.69) is 51.4 Å². The van der Waals surface area contributed by atoms with Crippen LogP contribution in [0.15, 0.2) is 109 Å². The van der Waals surface area contributed by atoms with E-state index in [1.165, 1.54) is 16.2 Å². The average Bonchev–Trinajstić information content (AvgIpc) is 2.84. The zero-order chi connectivity index (χ0) is 23.0. The second-order valence-corrected chi connectivity index (χ2v) is 7.94. The third-order valence-electron chi connectivity index (χ3n) is 5.21. The molecule has 36 heavy (non-hydrogen) atoms. The van der Waals surface area contributed by atoms with Crippen LogP contribution in [0.25, 0.3) is 32.7 Å². The van der Waals surface area contributed by atoms with Crippen molar-refractivity contribution in [2.75, 3.05) is 0 Å². The van der Waals surface area contributed by atoms with Crippen LogP contribution in [-0.4, -0.2) is 15.0 Å². The van der Waals surface area contributed by atoms with Gasteiger partial charge in [0.1, 0.15) is 0 Å². The van der Waals surface area contributed by atoms with Crippen LogP contribution in [0, 0.1) is 20.8 Å². The molecule has 0 unspecified atom stereocenters. The van der Waals surface area contributed by atoms with Crippen LogP contribution in [-0.2, 0) is 0 Å². The Hall–Kier alpha value is -2.67. The first kappa shape index (κ1) is 31.4. The molecular formula is C30H30Br3N3. The van der Waals surface area contributed by atoms with E-state index >= 15 is 0 Å². The van der Waals surface area contributed by atoms with Crippen LogP contribution in [0.3, 0.4) is 0 Å². The number of pyridine rings is 3. The van der Waals surface area contributed by atoms with Crippen molar-refractivity contribution in [3.05, 3.63) is 126 Å². The van der Waals surface area contributed by atoms with E-state index < -0.39 is 0 Å². The summed E-state index contributed by atoms with van der Waals surface area (Å²) in [5.74, 6) is 0. The van der Waals surface area contributed by atoms with Gasteiger partial charge in [-0.3, -0.25) is 15.0 Å². The highest BCUT2D eigenvalue weighted by Gasteiger charge is 1.93. The quantitative estimate of drug-likeness (QED) is 0.162. The van der Waals surface area contributed by atoms with Gasteiger partial charge in [-0.25, -0.2) is 0 Å². The first-order valence-corrected chi connectivity index (χ1v) is 11.1. The van der Waals surface area contributed by atoms with Gasteiger partial charge in [0.2, 0.25) is 0 Å². The number of halogens is 3. The first-order chi connectivity index (χ1) is 16.1. The Labute approximate surface area is 244 Å². The highest BCUT2D eigenvalue weighted by atomic mass is 79.9. The summed E-state index contributed by atoms with van der Waals surface area (Å²) in [6.45, 7) is 6.02. The highest BCUT2D eigenvalue weighted by molar-refractivity contribution is 8.93. The lowest BCUT2D eigenvalue weighted by Crippen LogP contribution is -1.80. The minimum Gasteiger partial charge on any atom is -0.253 e. The van der Waals surface area contributed by atoms with Gasteiger partial charge in [-0.15, -0.1) is 50.9 Å². The number of para-hydroxylation sites is 3. The summed E-state index contributed by atoms with van der Waals surface area (Å²) in [7, 11) is 0. The lowest BCUT2D eigenvalue weighted by Gasteiger charge is -1.95. The van der Waals surface area contributed by atoms with Gasteiger partial charge in [-0.05, 0) is 57.2 Å². The van der Waals surface area contributed by atoms with E-state index in [0.29, 0.717) is 0 Å². The van der Waals surface area contributed by atoms with Crippen LogP contribution < -0.4 is 0 Å². The topological polar surface area (TPSA) is 38.7 Å². The molecule has 0 N–H and O–H groups in total. The van der Waals surface area contributed by atoms with Crippen LogP contribution in [0.4, 0.5) is 0 Å². The summed E-state index contributed by atoms with van der Waals surface area (Å²) in [6, 6.07) is 36.8. The van der Waals surface area contributed by atoms with E-state index in [1.54, 1.807) is 0 Å². The van der Waals surface area contributed by atoms with Gasteiger partial charge in [0.05, 0.1) is 16.6 Å². The molecule has 6 aromatic rings. The predicted molar refractivity (Wildman–Crippen MR) is 170 cm³/mol. The van der Waals surface area contributed by atoms with Gasteiger partial charge >= 0.3 is 0 Å². The number of fused-ring (bicyclic) bond motifs is 3. The van der Waals surface area contributed by atoms with Crippen molar-refractivity contribution in [2.24, 2.45) is 0 Å². The lowest BCUT2D eigenvalue weighted by molar-refractivity contribution is 1.26. The maximum Gasteiger partial charge on any atom is 0.0705 e. The van der Waals surface area contributed by atoms with Crippen LogP contribution >= 0.6 is 50.9 Å². The van der Waals surface area contributed by atoms with E-state index in [1.807, 2.05) is 93.6 Å². The number of hydrogen-bond donors (Lipinski definition) is 0. The van der Waals surface area contributed by atoms with Gasteiger partial charge in [0.15, 0.2) is 0 Å². The average molecular weight is 672 g/mol. The number of nitrogens with zero attached hydrogens (tertiary/aromatic N) is 3. The normalized spacial score (nSPS) is 9.42. The van der Waals surface area contributed by atoms with Crippen LogP contribution in [0.2, 0.25) is 0 Å². The molecule has 0 aliphatic heterocycles. The van der Waals surface area contributed by atoms with Gasteiger partial charge in [-0.2, -0.15) is 0 Å². The number of benzene rings is 3. The first-order valence-electron chi connectivity index (χ1n) is 11.1. The largest absolute Gasteiger partial charge is 0.253 e. The van der Waals surface area contributed by atoms with Gasteiger partial charge in [-0.1, -0.05) is 72.8 Å². The standard InChI is InChI=1S/3C10H9N.3BrH/c3*1-8-6-7-9-4-2-3-5-10(9)11-8;;;/h3*2-7H,1H3;3*1H. The molecular weight excluding hydrogens is 642 g/mol. The van der Waals surface area contributed by atoms with Crippen molar-refractivity contribution in [3.63, 3.8) is 0 Å². The Bertz CT molecular complexity index is 1340. The second-order valence-electron chi connectivity index (χ2n) is 7.94. The van der Waals surface area contributed by atoms with Crippen molar-refractivity contribution in [1.82, 2.24) is 15.0 Å². The molecule has 0 saturated carbocycles. The van der Waals surface area contributed by atoms with Gasteiger partial charge < -0.3 is 0 Å². The van der Waals surface area contributed by atoms with Crippen molar-refractivity contribution < 1.29 is 0 Å². The zero-order valence-electron chi connectivity index (χ0n) is 20.5. The summed E-state index contributed by atoms with van der Waals surface area (Å²) in [4.78, 5) is 13.1. The Morgan fingerprint density at radius 3 is 0.861 bits per heavy atom. The molecule has 0 spiro atoms. The van der Waals surface area contributed by atoms with Crippen molar-refractivity contribution in [1.29, 1.82) is 0 Å². The van der Waals surface area contributed by atoms with E-state index in [-0.39, 0.29) is 50.9 Å². The summed E-state index contributed by atoms with van der Waals surface area (Å²) < 4.78 is 0. The number of rotatable bonds is 0. The third-order valence-corrected chi connectivity index (χ3v) is 5.21. The number of hydrogen-bond acceptors (Lipinski definition) is 3. The molecule has 186 valence electrons. The van der Waals surface area contributed by atoms with Crippen molar-refractivity contribution in [3.8, 4) is 0 Å². The summed E-state index contributed by atoms with van der Waals surface area (Å²) in [5, 5.41) is 3.62. The summed E-state index contributed by atoms with van der Waals surface area (Å²) in [5.41, 5.74) is 6.45. The molecule has 6 heteroatoms. The Kier molecular flexibility index (Phi) is 13.5. The second kappa shape index (κ2) is 15.4. The molecule has 3 nitrogen and oxygen atoms in total. The van der Waals surface area contributed by atoms with E-state index in [0.717, 1.165) is 33.6 Å². The molecule has 0 bridgehead atoms. The molecule has 0 fully saturated rings. The summed E-state index contributed by atoms with van der Waals surface area (Å²) >= 11 is 0. The zero-order valence-corrected chi connectivity index (χ0v) is 25.6. The number of aromatic nitrogens is 3. The Balaban J connectivity index is 0.000000259. The van der Waals surface area contributed by atoms with Crippen molar-refractivity contribution in [2.45, 2.75) is 20.8 Å². The molecule has 0 aliphatic carbocycles. The molecule has 0 atom stereocenters. The minimum atomic E-state index is 0. The fraction of sp³-hybridized carbons (Fsp3) is 0.100. The fourth-order valence-electron chi connectivity index (χ4n) is 3.50. The smallest absolute Gasteiger partial charge is 0.0705 e. The molecule has 0 radical (unpaired) electrons. The van der Waals surface area contributed by atoms with Crippen molar-refractivity contribution >= 4 is 83.7 Å². The lowest BCUT2D eigenvalue weighted by atomic mass is 10.2. The summed E-state index contributed by atoms with van der Waals surface area (Å²) in [6.07, 6.45) is 0. The molecule has 0 saturated heterocycles. The molecule has 3 aromatic carbocycles.